The Morgan fingerprint density at radius 1 is 0.951 bits per heavy atom. The first kappa shape index (κ1) is 42.1. The molecule has 16 nitrogen and oxygen atoms in total. The molecule has 0 bridgehead atoms. The number of aromatic hydroxyl groups is 1. The Hall–Kier alpha value is -5.58. The number of nitrogens with zero attached hydrogens (tertiary/aromatic N) is 7. The molecule has 324 valence electrons. The van der Waals surface area contributed by atoms with Crippen LogP contribution in [0.1, 0.15) is 81.6 Å². The van der Waals surface area contributed by atoms with Gasteiger partial charge < -0.3 is 49.7 Å². The highest BCUT2D eigenvalue weighted by Gasteiger charge is 2.43. The number of carbonyl (C=O) groups is 2. The maximum Gasteiger partial charge on any atom is 0.326 e. The number of piperidine rings is 2. The molecule has 16 heteroatoms. The Morgan fingerprint density at radius 2 is 1.72 bits per heavy atom. The maximum atomic E-state index is 13.6. The van der Waals surface area contributed by atoms with Crippen molar-refractivity contribution in [2.45, 2.75) is 95.2 Å². The van der Waals surface area contributed by atoms with Gasteiger partial charge in [-0.2, -0.15) is 0 Å². The maximum absolute atomic E-state index is 13.6. The van der Waals surface area contributed by atoms with Gasteiger partial charge in [0.2, 0.25) is 11.8 Å². The lowest BCUT2D eigenvalue weighted by atomic mass is 9.91. The van der Waals surface area contributed by atoms with Crippen LogP contribution in [0, 0.1) is 11.8 Å². The molecule has 3 aliphatic heterocycles. The third-order valence-electron chi connectivity index (χ3n) is 12.6. The number of rotatable bonds is 14. The number of carboxylic acids is 1. The first-order chi connectivity index (χ1) is 29.5. The molecule has 1 amide bonds. The molecule has 61 heavy (non-hydrogen) atoms. The lowest BCUT2D eigenvalue weighted by molar-refractivity contribution is -0.149. The van der Waals surface area contributed by atoms with Crippen LogP contribution in [-0.4, -0.2) is 127 Å². The highest BCUT2D eigenvalue weighted by Crippen LogP contribution is 2.35. The molecular formula is C45H56N8O8. The van der Waals surface area contributed by atoms with Gasteiger partial charge in [-0.05, 0) is 67.3 Å². The third kappa shape index (κ3) is 9.98. The van der Waals surface area contributed by atoms with Crippen LogP contribution in [-0.2, 0) is 14.3 Å². The standard InChI is InChI=1S/C45H56N8O8/c1-27(2)42(44(56)53-26-31(54)21-37(53)45(57)58)39-24-40(50-61-39)52-17-10-29(11-18-52)25-51-15-12-32(13-16-51)59-33-22-34(23-33)60-41-19-28(9-14-47-41)7-8-30-20-36(48-49-43(30)46)35-5-3-4-6-38(35)55/h3-9,14,19-20,24,27,29,31-34,37,42,54-55H,10-13,15-18,21-23,25-26H2,1-2H3,(H2,46,49)(H,57,58)/b8-7+/t31-,33?,34?,37+,42-/m1/s1. The number of aromatic nitrogens is 4. The zero-order valence-corrected chi connectivity index (χ0v) is 34.8. The number of carbonyl (C=O) groups excluding carboxylic acids is 1. The molecule has 1 aromatic carbocycles. The summed E-state index contributed by atoms with van der Waals surface area (Å²) < 4.78 is 18.4. The van der Waals surface area contributed by atoms with E-state index in [0.717, 1.165) is 76.8 Å². The minimum absolute atomic E-state index is 0.000382. The van der Waals surface area contributed by atoms with Crippen molar-refractivity contribution in [3.8, 4) is 22.9 Å². The number of phenolic OH excluding ortho intramolecular Hbond substituents is 1. The number of benzene rings is 1. The summed E-state index contributed by atoms with van der Waals surface area (Å²) in [6.45, 7) is 8.61. The summed E-state index contributed by atoms with van der Waals surface area (Å²) in [4.78, 5) is 35.8. The van der Waals surface area contributed by atoms with Gasteiger partial charge in [0, 0.05) is 88.0 Å². The van der Waals surface area contributed by atoms with Crippen LogP contribution in [0.3, 0.4) is 0 Å². The van der Waals surface area contributed by atoms with Crippen molar-refractivity contribution >= 4 is 35.7 Å². The fourth-order valence-corrected chi connectivity index (χ4v) is 9.04. The second-order valence-electron chi connectivity index (χ2n) is 17.3. The predicted octanol–water partition coefficient (Wildman–Crippen LogP) is 5.08. The van der Waals surface area contributed by atoms with E-state index in [0.29, 0.717) is 46.0 Å². The number of aliphatic carboxylic acids is 1. The number of aliphatic hydroxyl groups excluding tert-OH is 1. The number of likely N-dealkylation sites (tertiary alicyclic amines) is 2. The number of hydrogen-bond acceptors (Lipinski definition) is 14. The van der Waals surface area contributed by atoms with E-state index in [1.54, 1.807) is 30.5 Å². The summed E-state index contributed by atoms with van der Waals surface area (Å²) in [5.74, 6) is 0.409. The van der Waals surface area contributed by atoms with Gasteiger partial charge in [-0.3, -0.25) is 4.79 Å². The first-order valence-corrected chi connectivity index (χ1v) is 21.5. The van der Waals surface area contributed by atoms with Gasteiger partial charge >= 0.3 is 5.97 Å². The van der Waals surface area contributed by atoms with Crippen molar-refractivity contribution in [3.05, 3.63) is 71.6 Å². The number of ether oxygens (including phenoxy) is 2. The number of β-amino-alcohol motifs (C(OH)–C–C–N with tert-alkyl or cyclic N) is 1. The van der Waals surface area contributed by atoms with E-state index < -0.39 is 24.0 Å². The quantitative estimate of drug-likeness (QED) is 0.130. The summed E-state index contributed by atoms with van der Waals surface area (Å²) in [5, 5.41) is 42.6. The minimum atomic E-state index is -1.11. The molecule has 0 spiro atoms. The van der Waals surface area contributed by atoms with Gasteiger partial charge in [0.1, 0.15) is 23.8 Å². The second-order valence-corrected chi connectivity index (χ2v) is 17.3. The van der Waals surface area contributed by atoms with Crippen molar-refractivity contribution < 1.29 is 38.9 Å². The van der Waals surface area contributed by atoms with Crippen LogP contribution >= 0.6 is 0 Å². The fourth-order valence-electron chi connectivity index (χ4n) is 9.04. The molecule has 4 fully saturated rings. The van der Waals surface area contributed by atoms with Crippen LogP contribution in [0.2, 0.25) is 0 Å². The number of nitrogen functional groups attached to an aromatic ring is 1. The van der Waals surface area contributed by atoms with E-state index in [1.165, 1.54) is 4.90 Å². The van der Waals surface area contributed by atoms with Gasteiger partial charge in [0.15, 0.2) is 17.4 Å². The van der Waals surface area contributed by atoms with E-state index in [-0.39, 0.29) is 48.9 Å². The second kappa shape index (κ2) is 18.6. The highest BCUT2D eigenvalue weighted by molar-refractivity contribution is 5.89. The Kier molecular flexibility index (Phi) is 12.8. The largest absolute Gasteiger partial charge is 0.507 e. The van der Waals surface area contributed by atoms with Crippen LogP contribution in [0.25, 0.3) is 23.4 Å². The van der Waals surface area contributed by atoms with Crippen LogP contribution < -0.4 is 15.4 Å². The average molecular weight is 837 g/mol. The fraction of sp³-hybridized carbons (Fsp3) is 0.511. The van der Waals surface area contributed by atoms with Crippen LogP contribution in [0.4, 0.5) is 11.6 Å². The molecule has 1 aliphatic carbocycles. The molecule has 6 heterocycles. The van der Waals surface area contributed by atoms with Crippen molar-refractivity contribution in [1.82, 2.24) is 30.1 Å². The number of carboxylic acid groups (broad SMARTS) is 1. The summed E-state index contributed by atoms with van der Waals surface area (Å²) >= 11 is 0. The smallest absolute Gasteiger partial charge is 0.326 e. The molecule has 3 saturated heterocycles. The van der Waals surface area contributed by atoms with Crippen molar-refractivity contribution in [1.29, 1.82) is 0 Å². The van der Waals surface area contributed by atoms with Gasteiger partial charge in [-0.25, -0.2) is 9.78 Å². The number of pyridine rings is 1. The number of aliphatic hydroxyl groups is 1. The number of para-hydroxylation sites is 1. The zero-order valence-electron chi connectivity index (χ0n) is 34.8. The summed E-state index contributed by atoms with van der Waals surface area (Å²) in [5.41, 5.74) is 8.82. The van der Waals surface area contributed by atoms with Crippen molar-refractivity contribution in [2.24, 2.45) is 11.8 Å². The minimum Gasteiger partial charge on any atom is -0.507 e. The van der Waals surface area contributed by atoms with Crippen molar-refractivity contribution in [3.63, 3.8) is 0 Å². The summed E-state index contributed by atoms with van der Waals surface area (Å²) in [6, 6.07) is 13.4. The number of amides is 1. The molecule has 5 N–H and O–H groups in total. The van der Waals surface area contributed by atoms with Crippen LogP contribution in [0.15, 0.2) is 59.3 Å². The lowest BCUT2D eigenvalue weighted by Crippen LogP contribution is -2.46. The van der Waals surface area contributed by atoms with Crippen molar-refractivity contribution in [2.75, 3.05) is 49.9 Å². The summed E-state index contributed by atoms with van der Waals surface area (Å²) in [6.07, 6.45) is 11.0. The van der Waals surface area contributed by atoms with E-state index >= 15 is 0 Å². The third-order valence-corrected chi connectivity index (χ3v) is 12.6. The monoisotopic (exact) mass is 836 g/mol. The zero-order chi connectivity index (χ0) is 42.6. The molecule has 4 aliphatic rings. The Bertz CT molecular complexity index is 2180. The average Bonchev–Trinajstić information content (AvgIpc) is 3.88. The van der Waals surface area contributed by atoms with E-state index in [9.17, 15) is 24.9 Å². The molecule has 0 radical (unpaired) electrons. The lowest BCUT2D eigenvalue weighted by Gasteiger charge is -2.41. The Morgan fingerprint density at radius 3 is 2.46 bits per heavy atom. The van der Waals surface area contributed by atoms with E-state index in [2.05, 4.69) is 30.1 Å². The molecule has 3 atom stereocenters. The number of nitrogens with two attached hydrogens (primary N) is 1. The molecule has 4 aromatic rings. The predicted molar refractivity (Wildman–Crippen MR) is 227 cm³/mol. The summed E-state index contributed by atoms with van der Waals surface area (Å²) in [7, 11) is 0. The molecule has 1 saturated carbocycles. The Labute approximate surface area is 355 Å². The number of hydrogen-bond donors (Lipinski definition) is 4. The Balaban J connectivity index is 0.741. The first-order valence-electron chi connectivity index (χ1n) is 21.5. The normalized spacial score (nSPS) is 23.4. The van der Waals surface area contributed by atoms with Gasteiger partial charge in [0.25, 0.3) is 0 Å². The van der Waals surface area contributed by atoms with Gasteiger partial charge in [-0.1, -0.05) is 43.3 Å². The van der Waals surface area contributed by atoms with Gasteiger partial charge in [-0.15, -0.1) is 10.2 Å². The number of anilines is 2. The molecular weight excluding hydrogens is 781 g/mol. The molecule has 3 aromatic heterocycles. The SMILES string of the molecule is CC(C)[C@@H](C(=O)N1C[C@H](O)C[C@H]1C(=O)O)c1cc(N2CCC(CN3CCC(OC4CC(Oc5cc(/C=C/c6cc(-c7ccccc7O)nnc6N)ccn5)C4)CC3)CC2)no1. The molecule has 0 unspecified atom stereocenters. The van der Waals surface area contributed by atoms with E-state index in [4.69, 9.17) is 19.7 Å². The van der Waals surface area contributed by atoms with E-state index in [1.807, 2.05) is 50.3 Å². The highest BCUT2D eigenvalue weighted by atomic mass is 16.5. The topological polar surface area (TPSA) is 214 Å². The van der Waals surface area contributed by atoms with Gasteiger partial charge in [0.05, 0.1) is 24.0 Å². The number of phenols is 1. The van der Waals surface area contributed by atoms with Crippen LogP contribution in [0.5, 0.6) is 11.6 Å². The molecule has 8 rings (SSSR count).